The van der Waals surface area contributed by atoms with Gasteiger partial charge in [-0.1, -0.05) is 0 Å². The van der Waals surface area contributed by atoms with Crippen LogP contribution in [-0.4, -0.2) is 29.7 Å². The summed E-state index contributed by atoms with van der Waals surface area (Å²) in [7, 11) is 1.58. The van der Waals surface area contributed by atoms with Gasteiger partial charge in [0.25, 0.3) is 0 Å². The molecule has 4 aromatic rings. The molecule has 170 valence electrons. The molecule has 0 aliphatic heterocycles. The van der Waals surface area contributed by atoms with Crippen LogP contribution in [-0.2, 0) is 0 Å². The summed E-state index contributed by atoms with van der Waals surface area (Å²) in [4.78, 5) is 7.54. The van der Waals surface area contributed by atoms with Crippen molar-refractivity contribution in [3.8, 4) is 23.0 Å². The lowest BCUT2D eigenvalue weighted by molar-refractivity contribution is 0.278. The molecule has 0 saturated heterocycles. The Balaban J connectivity index is 0.00000144. The van der Waals surface area contributed by atoms with Crippen molar-refractivity contribution in [2.75, 3.05) is 13.7 Å². The third kappa shape index (κ3) is 4.41. The fourth-order valence-electron chi connectivity index (χ4n) is 3.63. The Morgan fingerprint density at radius 3 is 2.56 bits per heavy atom. The summed E-state index contributed by atoms with van der Waals surface area (Å²) in [5.41, 5.74) is 8.15. The average molecular weight is 480 g/mol. The summed E-state index contributed by atoms with van der Waals surface area (Å²) in [6.45, 7) is 2.43. The van der Waals surface area contributed by atoms with Gasteiger partial charge < -0.3 is 24.9 Å². The summed E-state index contributed by atoms with van der Waals surface area (Å²) in [6, 6.07) is 10.7. The lowest BCUT2D eigenvalue weighted by Gasteiger charge is -2.14. The van der Waals surface area contributed by atoms with Crippen LogP contribution in [0.5, 0.6) is 23.0 Å². The summed E-state index contributed by atoms with van der Waals surface area (Å²) in [6.07, 6.45) is 2.60. The Kier molecular flexibility index (Phi) is 7.03. The minimum absolute atomic E-state index is 0. The number of rotatable bonds is 6. The number of aryl methyl sites for hydroxylation is 1. The molecule has 1 aliphatic carbocycles. The Bertz CT molecular complexity index is 1260. The number of nitrogens with two attached hydrogens (primary N) is 1. The largest absolute Gasteiger partial charge is 0.493 e. The molecular formula is C23H24Cl2FN3O3. The standard InChI is InChI=1S/C23H22FN3O3.2ClH/c1-12-7-15-17(27-12)3-4-20(23(15)24)30-19-5-6-26-18-10-22(21(28-2)9-14(18)19)29-11-13-8-16(13)25;;/h3-7,9-10,13,16,27H,8,11,25H2,1-2H3;2*1H. The third-order valence-corrected chi connectivity index (χ3v) is 5.47. The van der Waals surface area contributed by atoms with Crippen molar-refractivity contribution >= 4 is 46.6 Å². The van der Waals surface area contributed by atoms with Gasteiger partial charge >= 0.3 is 0 Å². The van der Waals surface area contributed by atoms with Gasteiger partial charge in [0.1, 0.15) is 5.75 Å². The molecule has 6 nitrogen and oxygen atoms in total. The van der Waals surface area contributed by atoms with E-state index in [1.54, 1.807) is 43.6 Å². The molecule has 0 spiro atoms. The van der Waals surface area contributed by atoms with Crippen molar-refractivity contribution in [2.24, 2.45) is 11.7 Å². The minimum atomic E-state index is -0.408. The fraction of sp³-hybridized carbons (Fsp3) is 0.261. The van der Waals surface area contributed by atoms with E-state index in [4.69, 9.17) is 19.9 Å². The lowest BCUT2D eigenvalue weighted by Crippen LogP contribution is -2.09. The first-order valence-electron chi connectivity index (χ1n) is 9.84. The van der Waals surface area contributed by atoms with Gasteiger partial charge in [0.15, 0.2) is 23.1 Å². The first-order chi connectivity index (χ1) is 14.5. The van der Waals surface area contributed by atoms with Crippen LogP contribution < -0.4 is 19.9 Å². The number of benzene rings is 2. The summed E-state index contributed by atoms with van der Waals surface area (Å²) >= 11 is 0. The average Bonchev–Trinajstić information content (AvgIpc) is 3.31. The van der Waals surface area contributed by atoms with Crippen LogP contribution in [0.15, 0.2) is 42.6 Å². The van der Waals surface area contributed by atoms with Crippen molar-refractivity contribution in [1.29, 1.82) is 0 Å². The van der Waals surface area contributed by atoms with Gasteiger partial charge in [0.05, 0.1) is 19.2 Å². The number of nitrogens with zero attached hydrogens (tertiary/aromatic N) is 1. The lowest BCUT2D eigenvalue weighted by atomic mass is 10.1. The zero-order valence-corrected chi connectivity index (χ0v) is 19.2. The van der Waals surface area contributed by atoms with Gasteiger partial charge in [-0.15, -0.1) is 24.8 Å². The van der Waals surface area contributed by atoms with E-state index < -0.39 is 5.82 Å². The van der Waals surface area contributed by atoms with Crippen LogP contribution in [0.3, 0.4) is 0 Å². The number of hydrogen-bond donors (Lipinski definition) is 2. The Labute approximate surface area is 197 Å². The zero-order valence-electron chi connectivity index (χ0n) is 17.6. The highest BCUT2D eigenvalue weighted by Gasteiger charge is 2.34. The topological polar surface area (TPSA) is 82.4 Å². The predicted molar refractivity (Wildman–Crippen MR) is 127 cm³/mol. The third-order valence-electron chi connectivity index (χ3n) is 5.47. The Morgan fingerprint density at radius 2 is 1.84 bits per heavy atom. The van der Waals surface area contributed by atoms with Gasteiger partial charge in [-0.2, -0.15) is 0 Å². The SMILES string of the molecule is COc1cc2c(Oc3ccc4[nH]c(C)cc4c3F)ccnc2cc1OCC1CC1N.Cl.Cl. The molecule has 2 aromatic carbocycles. The van der Waals surface area contributed by atoms with Crippen LogP contribution in [0, 0.1) is 18.7 Å². The van der Waals surface area contributed by atoms with E-state index in [2.05, 4.69) is 9.97 Å². The first-order valence-corrected chi connectivity index (χ1v) is 9.84. The molecule has 5 rings (SSSR count). The number of aromatic nitrogens is 2. The van der Waals surface area contributed by atoms with Crippen LogP contribution in [0.2, 0.25) is 0 Å². The number of nitrogens with one attached hydrogen (secondary N) is 1. The molecule has 0 amide bonds. The fourth-order valence-corrected chi connectivity index (χ4v) is 3.63. The maximum absolute atomic E-state index is 15.0. The molecule has 2 aromatic heterocycles. The van der Waals surface area contributed by atoms with Crippen LogP contribution in [0.4, 0.5) is 4.39 Å². The van der Waals surface area contributed by atoms with Gasteiger partial charge in [-0.05, 0) is 43.7 Å². The number of methoxy groups -OCH3 is 1. The van der Waals surface area contributed by atoms with Crippen molar-refractivity contribution in [2.45, 2.75) is 19.4 Å². The summed E-state index contributed by atoms with van der Waals surface area (Å²) < 4.78 is 32.3. The number of H-pyrrole nitrogens is 1. The molecule has 32 heavy (non-hydrogen) atoms. The quantitative estimate of drug-likeness (QED) is 0.379. The second kappa shape index (κ2) is 9.40. The molecule has 0 bridgehead atoms. The van der Waals surface area contributed by atoms with Gasteiger partial charge in [-0.3, -0.25) is 4.98 Å². The van der Waals surface area contributed by atoms with Crippen LogP contribution >= 0.6 is 24.8 Å². The normalized spacial score (nSPS) is 16.9. The molecule has 2 heterocycles. The number of halogens is 3. The van der Waals surface area contributed by atoms with Gasteiger partial charge in [0.2, 0.25) is 0 Å². The van der Waals surface area contributed by atoms with Crippen LogP contribution in [0.25, 0.3) is 21.8 Å². The Morgan fingerprint density at radius 1 is 1.06 bits per heavy atom. The maximum Gasteiger partial charge on any atom is 0.175 e. The molecule has 0 radical (unpaired) electrons. The molecule has 1 fully saturated rings. The van der Waals surface area contributed by atoms with E-state index in [-0.39, 0.29) is 36.6 Å². The maximum atomic E-state index is 15.0. The molecule has 3 N–H and O–H groups in total. The molecular weight excluding hydrogens is 456 g/mol. The second-order valence-electron chi connectivity index (χ2n) is 7.69. The molecule has 1 saturated carbocycles. The van der Waals surface area contributed by atoms with Crippen LogP contribution in [0.1, 0.15) is 12.1 Å². The Hall–Kier alpha value is -2.74. The zero-order chi connectivity index (χ0) is 20.8. The van der Waals surface area contributed by atoms with Gasteiger partial charge in [0, 0.05) is 46.2 Å². The molecule has 2 atom stereocenters. The van der Waals surface area contributed by atoms with Crippen molar-refractivity contribution < 1.29 is 18.6 Å². The smallest absolute Gasteiger partial charge is 0.175 e. The van der Waals surface area contributed by atoms with Crippen molar-refractivity contribution in [3.63, 3.8) is 0 Å². The molecule has 1 aliphatic rings. The van der Waals surface area contributed by atoms with Crippen molar-refractivity contribution in [1.82, 2.24) is 9.97 Å². The highest BCUT2D eigenvalue weighted by atomic mass is 35.5. The van der Waals surface area contributed by atoms with E-state index in [1.807, 2.05) is 13.0 Å². The van der Waals surface area contributed by atoms with E-state index in [9.17, 15) is 4.39 Å². The number of pyridine rings is 1. The predicted octanol–water partition coefficient (Wildman–Crippen LogP) is 5.53. The van der Waals surface area contributed by atoms with E-state index >= 15 is 0 Å². The monoisotopic (exact) mass is 479 g/mol. The summed E-state index contributed by atoms with van der Waals surface area (Å²) in [5.74, 6) is 1.77. The number of aromatic amines is 1. The minimum Gasteiger partial charge on any atom is -0.493 e. The highest BCUT2D eigenvalue weighted by Crippen LogP contribution is 2.39. The highest BCUT2D eigenvalue weighted by molar-refractivity contribution is 5.89. The van der Waals surface area contributed by atoms with E-state index in [0.29, 0.717) is 46.1 Å². The first kappa shape index (κ1) is 23.9. The van der Waals surface area contributed by atoms with E-state index in [1.165, 1.54) is 0 Å². The number of hydrogen-bond acceptors (Lipinski definition) is 5. The number of ether oxygens (including phenoxy) is 3. The molecule has 2 unspecified atom stereocenters. The molecule has 9 heteroatoms. The summed E-state index contributed by atoms with van der Waals surface area (Å²) in [5, 5.41) is 1.20. The number of fused-ring (bicyclic) bond motifs is 2. The second-order valence-corrected chi connectivity index (χ2v) is 7.69. The van der Waals surface area contributed by atoms with E-state index in [0.717, 1.165) is 17.6 Å². The van der Waals surface area contributed by atoms with Crippen molar-refractivity contribution in [3.05, 3.63) is 54.1 Å². The van der Waals surface area contributed by atoms with Gasteiger partial charge in [-0.25, -0.2) is 4.39 Å².